The summed E-state index contributed by atoms with van der Waals surface area (Å²) in [4.78, 5) is 31.1. The molecule has 142 valence electrons. The van der Waals surface area contributed by atoms with E-state index in [1.165, 1.54) is 26.4 Å². The van der Waals surface area contributed by atoms with Crippen LogP contribution >= 0.6 is 0 Å². The largest absolute Gasteiger partial charge is 0.375 e. The van der Waals surface area contributed by atoms with E-state index in [2.05, 4.69) is 10.3 Å². The molecule has 2 fully saturated rings. The summed E-state index contributed by atoms with van der Waals surface area (Å²) in [5, 5.41) is 2.99. The van der Waals surface area contributed by atoms with Crippen LogP contribution in [0.25, 0.3) is 0 Å². The number of amides is 2. The van der Waals surface area contributed by atoms with E-state index in [0.29, 0.717) is 24.6 Å². The predicted octanol–water partition coefficient (Wildman–Crippen LogP) is 2.18. The van der Waals surface area contributed by atoms with Gasteiger partial charge in [-0.2, -0.15) is 0 Å². The minimum atomic E-state index is -0.0914. The van der Waals surface area contributed by atoms with E-state index in [4.69, 9.17) is 4.74 Å². The molecule has 26 heavy (non-hydrogen) atoms. The van der Waals surface area contributed by atoms with E-state index in [9.17, 15) is 9.59 Å². The third-order valence-electron chi connectivity index (χ3n) is 6.01. The van der Waals surface area contributed by atoms with Crippen molar-refractivity contribution in [2.45, 2.75) is 39.0 Å². The first-order chi connectivity index (χ1) is 12.6. The lowest BCUT2D eigenvalue weighted by molar-refractivity contribution is -0.125. The third kappa shape index (κ3) is 3.90. The lowest BCUT2D eigenvalue weighted by Gasteiger charge is -2.38. The number of ether oxygens (including phenoxy) is 1. The molecule has 2 heterocycles. The van der Waals surface area contributed by atoms with Crippen LogP contribution in [0.5, 0.6) is 0 Å². The molecule has 1 atom stereocenters. The van der Waals surface area contributed by atoms with Crippen molar-refractivity contribution in [1.82, 2.24) is 15.2 Å². The van der Waals surface area contributed by atoms with Crippen molar-refractivity contribution in [1.29, 1.82) is 0 Å². The summed E-state index contributed by atoms with van der Waals surface area (Å²) in [5.74, 6) is 0.266. The van der Waals surface area contributed by atoms with Crippen molar-refractivity contribution in [2.24, 2.45) is 11.3 Å². The maximum atomic E-state index is 13.1. The molecule has 0 bridgehead atoms. The van der Waals surface area contributed by atoms with Crippen LogP contribution in [0.15, 0.2) is 18.3 Å². The molecule has 0 radical (unpaired) electrons. The van der Waals surface area contributed by atoms with Crippen LogP contribution in [-0.2, 0) is 9.53 Å². The summed E-state index contributed by atoms with van der Waals surface area (Å²) in [5.41, 5.74) is 1.58. The van der Waals surface area contributed by atoms with Crippen LogP contribution in [0.3, 0.4) is 0 Å². The number of aromatic nitrogens is 1. The van der Waals surface area contributed by atoms with Gasteiger partial charge in [-0.15, -0.1) is 0 Å². The SMILES string of the molecule is COCC(=O)NCC1CN(C(=O)c2cccnc2C)CC12CCCCC2. The fourth-order valence-corrected chi connectivity index (χ4v) is 4.59. The Hall–Kier alpha value is -1.95. The van der Waals surface area contributed by atoms with Gasteiger partial charge >= 0.3 is 0 Å². The average Bonchev–Trinajstić information content (AvgIpc) is 2.98. The minimum absolute atomic E-state index is 0.0614. The second-order valence-electron chi connectivity index (χ2n) is 7.68. The summed E-state index contributed by atoms with van der Waals surface area (Å²) < 4.78 is 4.90. The number of rotatable bonds is 5. The molecule has 1 N–H and O–H groups in total. The Labute approximate surface area is 155 Å². The van der Waals surface area contributed by atoms with Gasteiger partial charge in [0.15, 0.2) is 0 Å². The molecule has 1 saturated heterocycles. The zero-order chi connectivity index (χ0) is 18.6. The molecule has 0 aromatic carbocycles. The highest BCUT2D eigenvalue weighted by Crippen LogP contribution is 2.47. The Morgan fingerprint density at radius 1 is 1.35 bits per heavy atom. The van der Waals surface area contributed by atoms with Crippen LogP contribution in [0.4, 0.5) is 0 Å². The summed E-state index contributed by atoms with van der Waals surface area (Å²) in [6.45, 7) is 4.04. The number of methoxy groups -OCH3 is 1. The number of hydrogen-bond acceptors (Lipinski definition) is 4. The van der Waals surface area contributed by atoms with Gasteiger partial charge in [-0.1, -0.05) is 19.3 Å². The first-order valence-electron chi connectivity index (χ1n) is 9.52. The molecule has 6 heteroatoms. The molecule has 2 aliphatic rings. The van der Waals surface area contributed by atoms with Crippen LogP contribution in [0.2, 0.25) is 0 Å². The Balaban J connectivity index is 1.74. The van der Waals surface area contributed by atoms with Crippen LogP contribution in [-0.4, -0.2) is 55.0 Å². The van der Waals surface area contributed by atoms with E-state index < -0.39 is 0 Å². The smallest absolute Gasteiger partial charge is 0.255 e. The average molecular weight is 359 g/mol. The zero-order valence-corrected chi connectivity index (χ0v) is 15.8. The van der Waals surface area contributed by atoms with Gasteiger partial charge in [0, 0.05) is 44.6 Å². The van der Waals surface area contributed by atoms with Gasteiger partial charge in [0.05, 0.1) is 5.56 Å². The number of nitrogens with one attached hydrogen (secondary N) is 1. The predicted molar refractivity (Wildman–Crippen MR) is 98.8 cm³/mol. The first kappa shape index (κ1) is 18.8. The molecule has 2 amide bonds. The summed E-state index contributed by atoms with van der Waals surface area (Å²) in [6.07, 6.45) is 7.65. The topological polar surface area (TPSA) is 71.5 Å². The van der Waals surface area contributed by atoms with Crippen LogP contribution in [0.1, 0.15) is 48.2 Å². The lowest BCUT2D eigenvalue weighted by atomic mass is 9.67. The summed E-state index contributed by atoms with van der Waals surface area (Å²) >= 11 is 0. The van der Waals surface area contributed by atoms with Crippen molar-refractivity contribution in [3.63, 3.8) is 0 Å². The molecular weight excluding hydrogens is 330 g/mol. The third-order valence-corrected chi connectivity index (χ3v) is 6.01. The molecule has 3 rings (SSSR count). The normalized spacial score (nSPS) is 21.8. The maximum absolute atomic E-state index is 13.1. The van der Waals surface area contributed by atoms with Gasteiger partial charge in [0.2, 0.25) is 5.91 Å². The monoisotopic (exact) mass is 359 g/mol. The lowest BCUT2D eigenvalue weighted by Crippen LogP contribution is -2.40. The van der Waals surface area contributed by atoms with Gasteiger partial charge in [0.1, 0.15) is 6.61 Å². The van der Waals surface area contributed by atoms with E-state index in [1.807, 2.05) is 24.0 Å². The van der Waals surface area contributed by atoms with Gasteiger partial charge in [-0.3, -0.25) is 14.6 Å². The van der Waals surface area contributed by atoms with Gasteiger partial charge in [-0.25, -0.2) is 0 Å². The molecule has 1 saturated carbocycles. The molecule has 1 unspecified atom stereocenters. The van der Waals surface area contributed by atoms with Crippen molar-refractivity contribution < 1.29 is 14.3 Å². The maximum Gasteiger partial charge on any atom is 0.255 e. The molecule has 6 nitrogen and oxygen atoms in total. The van der Waals surface area contributed by atoms with Crippen molar-refractivity contribution >= 4 is 11.8 Å². The number of pyridine rings is 1. The van der Waals surface area contributed by atoms with Gasteiger partial charge < -0.3 is 15.0 Å². The second kappa shape index (κ2) is 8.16. The van der Waals surface area contributed by atoms with E-state index in [-0.39, 0.29) is 23.8 Å². The number of carbonyl (C=O) groups is 2. The van der Waals surface area contributed by atoms with Crippen LogP contribution < -0.4 is 5.32 Å². The molecule has 1 aromatic heterocycles. The quantitative estimate of drug-likeness (QED) is 0.875. The van der Waals surface area contributed by atoms with E-state index in [0.717, 1.165) is 25.1 Å². The highest BCUT2D eigenvalue weighted by Gasteiger charge is 2.48. The van der Waals surface area contributed by atoms with Crippen molar-refractivity contribution in [3.8, 4) is 0 Å². The Morgan fingerprint density at radius 2 is 2.12 bits per heavy atom. The fourth-order valence-electron chi connectivity index (χ4n) is 4.59. The van der Waals surface area contributed by atoms with Gasteiger partial charge in [0.25, 0.3) is 5.91 Å². The van der Waals surface area contributed by atoms with E-state index in [1.54, 1.807) is 6.20 Å². The molecule has 1 spiro atoms. The Kier molecular flexibility index (Phi) is 5.91. The number of nitrogens with zero attached hydrogens (tertiary/aromatic N) is 2. The van der Waals surface area contributed by atoms with Crippen LogP contribution in [0, 0.1) is 18.3 Å². The minimum Gasteiger partial charge on any atom is -0.375 e. The molecular formula is C20H29N3O3. The van der Waals surface area contributed by atoms with Crippen molar-refractivity contribution in [2.75, 3.05) is 33.4 Å². The molecule has 1 aliphatic heterocycles. The summed E-state index contributed by atoms with van der Waals surface area (Å²) in [7, 11) is 1.52. The Morgan fingerprint density at radius 3 is 2.81 bits per heavy atom. The number of carbonyl (C=O) groups excluding carboxylic acids is 2. The zero-order valence-electron chi connectivity index (χ0n) is 15.8. The first-order valence-corrected chi connectivity index (χ1v) is 9.52. The highest BCUT2D eigenvalue weighted by atomic mass is 16.5. The number of aryl methyl sites for hydroxylation is 1. The van der Waals surface area contributed by atoms with Gasteiger partial charge in [-0.05, 0) is 37.3 Å². The second-order valence-corrected chi connectivity index (χ2v) is 7.68. The number of hydrogen-bond donors (Lipinski definition) is 1. The molecule has 1 aromatic rings. The number of likely N-dealkylation sites (tertiary alicyclic amines) is 1. The van der Waals surface area contributed by atoms with Crippen molar-refractivity contribution in [3.05, 3.63) is 29.6 Å². The highest BCUT2D eigenvalue weighted by molar-refractivity contribution is 5.95. The standard InChI is InChI=1S/C20H29N3O3/c1-15-17(7-6-10-21-15)19(25)23-12-16(11-22-18(24)13-26-2)20(14-23)8-4-3-5-9-20/h6-7,10,16H,3-5,8-9,11-14H2,1-2H3,(H,22,24). The molecule has 1 aliphatic carbocycles. The fraction of sp³-hybridized carbons (Fsp3) is 0.650. The Bertz CT molecular complexity index is 655. The summed E-state index contributed by atoms with van der Waals surface area (Å²) in [6, 6.07) is 3.67. The van der Waals surface area contributed by atoms with E-state index >= 15 is 0 Å².